The highest BCUT2D eigenvalue weighted by Gasteiger charge is 2.23. The summed E-state index contributed by atoms with van der Waals surface area (Å²) in [5.74, 6) is 1.70. The van der Waals surface area contributed by atoms with Crippen molar-refractivity contribution in [2.24, 2.45) is 7.05 Å². The first kappa shape index (κ1) is 8.50. The van der Waals surface area contributed by atoms with E-state index in [1.165, 1.54) is 0 Å². The maximum Gasteiger partial charge on any atom is 0.224 e. The molecule has 1 aromatic heterocycles. The lowest BCUT2D eigenvalue weighted by Gasteiger charge is -2.08. The van der Waals surface area contributed by atoms with Gasteiger partial charge in [0.05, 0.1) is 0 Å². The minimum absolute atomic E-state index is 0.139. The van der Waals surface area contributed by atoms with Crippen molar-refractivity contribution >= 4 is 5.95 Å². The number of hydrogen-bond donors (Lipinski definition) is 1. The van der Waals surface area contributed by atoms with E-state index in [1.807, 2.05) is 18.7 Å². The normalized spacial score (nSPS) is 22.2. The number of aromatic nitrogens is 3. The van der Waals surface area contributed by atoms with Gasteiger partial charge >= 0.3 is 0 Å². The quantitative estimate of drug-likeness (QED) is 0.731. The van der Waals surface area contributed by atoms with Crippen molar-refractivity contribution in [3.05, 3.63) is 5.82 Å². The van der Waals surface area contributed by atoms with Gasteiger partial charge in [-0.3, -0.25) is 4.57 Å². The number of ether oxygens (including phenoxy) is 1. The summed E-state index contributed by atoms with van der Waals surface area (Å²) in [4.78, 5) is 0. The van der Waals surface area contributed by atoms with Crippen LogP contribution in [0.25, 0.3) is 0 Å². The molecule has 1 unspecified atom stereocenters. The van der Waals surface area contributed by atoms with Crippen LogP contribution in [-0.2, 0) is 11.8 Å². The zero-order chi connectivity index (χ0) is 9.26. The Morgan fingerprint density at radius 1 is 1.54 bits per heavy atom. The van der Waals surface area contributed by atoms with Gasteiger partial charge in [-0.1, -0.05) is 0 Å². The van der Waals surface area contributed by atoms with Crippen LogP contribution in [-0.4, -0.2) is 28.4 Å². The van der Waals surface area contributed by atoms with E-state index < -0.39 is 0 Å². The molecule has 0 radical (unpaired) electrons. The summed E-state index contributed by atoms with van der Waals surface area (Å²) >= 11 is 0. The Labute approximate surface area is 77.1 Å². The van der Waals surface area contributed by atoms with Crippen molar-refractivity contribution in [2.75, 3.05) is 19.0 Å². The van der Waals surface area contributed by atoms with E-state index in [9.17, 15) is 0 Å². The van der Waals surface area contributed by atoms with E-state index in [-0.39, 0.29) is 6.10 Å². The number of anilines is 1. The molecule has 72 valence electrons. The van der Waals surface area contributed by atoms with Gasteiger partial charge in [-0.2, -0.15) is 0 Å². The number of nitrogens with one attached hydrogen (secondary N) is 1. The summed E-state index contributed by atoms with van der Waals surface area (Å²) in [6, 6.07) is 0. The average molecular weight is 182 g/mol. The predicted molar refractivity (Wildman–Crippen MR) is 48.5 cm³/mol. The third-order valence-electron chi connectivity index (χ3n) is 2.35. The van der Waals surface area contributed by atoms with E-state index in [0.717, 1.165) is 31.2 Å². The first-order chi connectivity index (χ1) is 6.33. The molecule has 1 N–H and O–H groups in total. The molecule has 0 amide bonds. The highest BCUT2D eigenvalue weighted by molar-refractivity contribution is 5.24. The van der Waals surface area contributed by atoms with Crippen LogP contribution < -0.4 is 5.32 Å². The molecule has 2 heterocycles. The molecule has 13 heavy (non-hydrogen) atoms. The largest absolute Gasteiger partial charge is 0.370 e. The predicted octanol–water partition coefficient (Wildman–Crippen LogP) is 0.708. The van der Waals surface area contributed by atoms with Gasteiger partial charge < -0.3 is 10.1 Å². The molecule has 2 rings (SSSR count). The van der Waals surface area contributed by atoms with Crippen LogP contribution in [0.2, 0.25) is 0 Å². The number of hydrogen-bond acceptors (Lipinski definition) is 4. The van der Waals surface area contributed by atoms with Gasteiger partial charge in [0.2, 0.25) is 5.95 Å². The Balaban J connectivity index is 2.24. The van der Waals surface area contributed by atoms with Crippen LogP contribution in [0, 0.1) is 0 Å². The lowest BCUT2D eigenvalue weighted by molar-refractivity contribution is 0.102. The van der Waals surface area contributed by atoms with E-state index in [0.29, 0.717) is 0 Å². The Morgan fingerprint density at radius 2 is 2.38 bits per heavy atom. The Hall–Kier alpha value is -1.10. The van der Waals surface area contributed by atoms with Crippen molar-refractivity contribution in [3.63, 3.8) is 0 Å². The number of nitrogens with zero attached hydrogens (tertiary/aromatic N) is 3. The van der Waals surface area contributed by atoms with Gasteiger partial charge in [0.15, 0.2) is 5.82 Å². The summed E-state index contributed by atoms with van der Waals surface area (Å²) in [6.45, 7) is 0.840. The first-order valence-electron chi connectivity index (χ1n) is 4.51. The number of rotatable bonds is 2. The van der Waals surface area contributed by atoms with Gasteiger partial charge in [0, 0.05) is 20.7 Å². The van der Waals surface area contributed by atoms with Crippen LogP contribution in [0.4, 0.5) is 5.95 Å². The molecule has 0 bridgehead atoms. The van der Waals surface area contributed by atoms with Crippen molar-refractivity contribution in [2.45, 2.75) is 18.9 Å². The van der Waals surface area contributed by atoms with Crippen molar-refractivity contribution in [3.8, 4) is 0 Å². The van der Waals surface area contributed by atoms with E-state index in [2.05, 4.69) is 15.5 Å². The molecule has 5 heteroatoms. The minimum Gasteiger partial charge on any atom is -0.370 e. The van der Waals surface area contributed by atoms with Gasteiger partial charge in [-0.25, -0.2) is 0 Å². The molecule has 1 aromatic rings. The van der Waals surface area contributed by atoms with Crippen LogP contribution in [0.15, 0.2) is 0 Å². The molecule has 5 nitrogen and oxygen atoms in total. The maximum atomic E-state index is 5.53. The molecule has 1 aliphatic heterocycles. The summed E-state index contributed by atoms with van der Waals surface area (Å²) in [7, 11) is 3.78. The van der Waals surface area contributed by atoms with Gasteiger partial charge in [0.1, 0.15) is 6.10 Å². The lowest BCUT2D eigenvalue weighted by atomic mass is 10.2. The third kappa shape index (κ3) is 1.39. The molecule has 1 atom stereocenters. The molecule has 1 aliphatic rings. The second-order valence-corrected chi connectivity index (χ2v) is 3.19. The van der Waals surface area contributed by atoms with Gasteiger partial charge in [-0.05, 0) is 12.8 Å². The fourth-order valence-corrected chi connectivity index (χ4v) is 1.62. The van der Waals surface area contributed by atoms with Crippen LogP contribution in [0.5, 0.6) is 0 Å². The van der Waals surface area contributed by atoms with Crippen LogP contribution in [0.3, 0.4) is 0 Å². The monoisotopic (exact) mass is 182 g/mol. The molecule has 0 aromatic carbocycles. The second-order valence-electron chi connectivity index (χ2n) is 3.19. The maximum absolute atomic E-state index is 5.53. The van der Waals surface area contributed by atoms with Crippen molar-refractivity contribution in [1.29, 1.82) is 0 Å². The fourth-order valence-electron chi connectivity index (χ4n) is 1.62. The summed E-state index contributed by atoms with van der Waals surface area (Å²) < 4.78 is 7.47. The zero-order valence-electron chi connectivity index (χ0n) is 7.95. The van der Waals surface area contributed by atoms with Crippen LogP contribution >= 0.6 is 0 Å². The third-order valence-corrected chi connectivity index (χ3v) is 2.35. The molecule has 1 saturated heterocycles. The van der Waals surface area contributed by atoms with E-state index in [4.69, 9.17) is 4.74 Å². The molecule has 0 saturated carbocycles. The van der Waals surface area contributed by atoms with Crippen molar-refractivity contribution < 1.29 is 4.74 Å². The Kier molecular flexibility index (Phi) is 2.18. The summed E-state index contributed by atoms with van der Waals surface area (Å²) in [5, 5.41) is 11.1. The molecule has 0 aliphatic carbocycles. The summed E-state index contributed by atoms with van der Waals surface area (Å²) in [6.07, 6.45) is 2.31. The van der Waals surface area contributed by atoms with E-state index in [1.54, 1.807) is 0 Å². The highest BCUT2D eigenvalue weighted by Crippen LogP contribution is 2.27. The first-order valence-corrected chi connectivity index (χ1v) is 4.51. The average Bonchev–Trinajstić information content (AvgIpc) is 2.72. The summed E-state index contributed by atoms with van der Waals surface area (Å²) in [5.41, 5.74) is 0. The zero-order valence-corrected chi connectivity index (χ0v) is 7.95. The standard InChI is InChI=1S/C8H14N4O/c1-9-8-11-10-7(12(8)2)6-4-3-5-13-6/h6H,3-5H2,1-2H3,(H,9,11). The minimum atomic E-state index is 0.139. The fraction of sp³-hybridized carbons (Fsp3) is 0.750. The van der Waals surface area contributed by atoms with Crippen molar-refractivity contribution in [1.82, 2.24) is 14.8 Å². The Morgan fingerprint density at radius 3 is 2.92 bits per heavy atom. The van der Waals surface area contributed by atoms with E-state index >= 15 is 0 Å². The Bertz CT molecular complexity index is 290. The van der Waals surface area contributed by atoms with Gasteiger partial charge in [-0.15, -0.1) is 10.2 Å². The lowest BCUT2D eigenvalue weighted by Crippen LogP contribution is -2.06. The molecule has 0 spiro atoms. The molecule has 1 fully saturated rings. The molecular formula is C8H14N4O. The molecular weight excluding hydrogens is 168 g/mol. The smallest absolute Gasteiger partial charge is 0.224 e. The SMILES string of the molecule is CNc1nnc(C2CCCO2)n1C. The highest BCUT2D eigenvalue weighted by atomic mass is 16.5. The second kappa shape index (κ2) is 3.33. The van der Waals surface area contributed by atoms with Crippen LogP contribution in [0.1, 0.15) is 24.8 Å². The van der Waals surface area contributed by atoms with Gasteiger partial charge in [0.25, 0.3) is 0 Å². The topological polar surface area (TPSA) is 52.0 Å².